The molecule has 1 fully saturated rings. The van der Waals surface area contributed by atoms with Crippen LogP contribution in [0.3, 0.4) is 0 Å². The van der Waals surface area contributed by atoms with Crippen LogP contribution in [0.5, 0.6) is 0 Å². The maximum Gasteiger partial charge on any atom is 0.330 e. The van der Waals surface area contributed by atoms with Gasteiger partial charge in [0.1, 0.15) is 0 Å². The molecule has 5 nitrogen and oxygen atoms in total. The number of nitrogens with two attached hydrogens (primary N) is 1. The Kier molecular flexibility index (Phi) is 4.49. The highest BCUT2D eigenvalue weighted by atomic mass is 16.4. The van der Waals surface area contributed by atoms with E-state index in [0.717, 1.165) is 25.8 Å². The van der Waals surface area contributed by atoms with Gasteiger partial charge >= 0.3 is 5.97 Å². The van der Waals surface area contributed by atoms with Crippen LogP contribution in [0.25, 0.3) is 0 Å². The van der Waals surface area contributed by atoms with Crippen LogP contribution < -0.4 is 5.73 Å². The fourth-order valence-electron chi connectivity index (χ4n) is 1.87. The molecular weight excluding hydrogens is 208 g/mol. The summed E-state index contributed by atoms with van der Waals surface area (Å²) in [6.45, 7) is 2.83. The van der Waals surface area contributed by atoms with Gasteiger partial charge in [-0.3, -0.25) is 9.69 Å². The highest BCUT2D eigenvalue weighted by Crippen LogP contribution is 2.16. The summed E-state index contributed by atoms with van der Waals surface area (Å²) in [4.78, 5) is 23.7. The lowest BCUT2D eigenvalue weighted by atomic mass is 10.0. The summed E-state index contributed by atoms with van der Waals surface area (Å²) in [6, 6.07) is -0.244. The van der Waals surface area contributed by atoms with E-state index in [1.54, 1.807) is 13.0 Å². The van der Waals surface area contributed by atoms with Crippen molar-refractivity contribution < 1.29 is 14.7 Å². The molecule has 0 aromatic rings. The molecule has 0 saturated carbocycles. The Hall–Kier alpha value is -1.36. The molecule has 1 rings (SSSR count). The summed E-state index contributed by atoms with van der Waals surface area (Å²) >= 11 is 0. The van der Waals surface area contributed by atoms with Gasteiger partial charge < -0.3 is 10.8 Å². The molecule has 16 heavy (non-hydrogen) atoms. The molecule has 1 atom stereocenters. The minimum absolute atomic E-state index is 0.244. The molecule has 90 valence electrons. The molecule has 1 aliphatic heterocycles. The maximum absolute atomic E-state index is 11.2. The third kappa shape index (κ3) is 3.34. The number of rotatable bonds is 4. The number of likely N-dealkylation sites (tertiary alicyclic amines) is 1. The van der Waals surface area contributed by atoms with Gasteiger partial charge in [0.2, 0.25) is 5.91 Å². The molecule has 3 N–H and O–H groups in total. The normalized spacial score (nSPS) is 23.1. The van der Waals surface area contributed by atoms with Crippen molar-refractivity contribution in [2.75, 3.05) is 13.1 Å². The monoisotopic (exact) mass is 226 g/mol. The molecule has 0 bridgehead atoms. The molecule has 0 spiro atoms. The summed E-state index contributed by atoms with van der Waals surface area (Å²) in [5, 5.41) is 8.71. The highest BCUT2D eigenvalue weighted by molar-refractivity contribution is 5.85. The molecular formula is C11H18N2O3. The maximum atomic E-state index is 11.2. The number of hydrogen-bond acceptors (Lipinski definition) is 3. The van der Waals surface area contributed by atoms with Gasteiger partial charge in [-0.15, -0.1) is 0 Å². The van der Waals surface area contributed by atoms with Gasteiger partial charge in [-0.05, 0) is 26.3 Å². The second-order valence-corrected chi connectivity index (χ2v) is 4.10. The van der Waals surface area contributed by atoms with Crippen LogP contribution in [0.2, 0.25) is 0 Å². The minimum atomic E-state index is -0.923. The highest BCUT2D eigenvalue weighted by Gasteiger charge is 2.25. The number of piperidine rings is 1. The lowest BCUT2D eigenvalue weighted by molar-refractivity contribution is -0.132. The van der Waals surface area contributed by atoms with Crippen LogP contribution in [0.1, 0.15) is 26.2 Å². The van der Waals surface area contributed by atoms with E-state index in [9.17, 15) is 9.59 Å². The van der Waals surface area contributed by atoms with E-state index in [-0.39, 0.29) is 11.9 Å². The number of hydrogen-bond donors (Lipinski definition) is 2. The van der Waals surface area contributed by atoms with Gasteiger partial charge in [0.15, 0.2) is 0 Å². The largest absolute Gasteiger partial charge is 0.478 e. The summed E-state index contributed by atoms with van der Waals surface area (Å²) in [5.41, 5.74) is 5.61. The molecule has 1 aliphatic rings. The summed E-state index contributed by atoms with van der Waals surface area (Å²) < 4.78 is 0. The Balaban J connectivity index is 2.60. The van der Waals surface area contributed by atoms with E-state index in [2.05, 4.69) is 0 Å². The third-order valence-electron chi connectivity index (χ3n) is 2.91. The Morgan fingerprint density at radius 2 is 2.19 bits per heavy atom. The van der Waals surface area contributed by atoms with Crippen molar-refractivity contribution in [1.29, 1.82) is 0 Å². The molecule has 1 saturated heterocycles. The second kappa shape index (κ2) is 5.65. The molecule has 1 amide bonds. The first-order valence-electron chi connectivity index (χ1n) is 5.46. The van der Waals surface area contributed by atoms with Crippen molar-refractivity contribution in [2.24, 2.45) is 5.73 Å². The first-order valence-corrected chi connectivity index (χ1v) is 5.46. The van der Waals surface area contributed by atoms with Crippen molar-refractivity contribution in [3.8, 4) is 0 Å². The second-order valence-electron chi connectivity index (χ2n) is 4.10. The number of primary amides is 1. The van der Waals surface area contributed by atoms with E-state index in [1.165, 1.54) is 0 Å². The summed E-state index contributed by atoms with van der Waals surface area (Å²) in [6.07, 6.45) is 4.44. The Bertz CT molecular complexity index is 312. The van der Waals surface area contributed by atoms with Gasteiger partial charge in [-0.2, -0.15) is 0 Å². The molecule has 0 radical (unpaired) electrons. The fraction of sp³-hybridized carbons (Fsp3) is 0.636. The van der Waals surface area contributed by atoms with Crippen molar-refractivity contribution in [3.63, 3.8) is 0 Å². The zero-order chi connectivity index (χ0) is 12.1. The van der Waals surface area contributed by atoms with Gasteiger partial charge in [-0.25, -0.2) is 4.79 Å². The molecule has 5 heteroatoms. The Morgan fingerprint density at radius 1 is 1.50 bits per heavy atom. The zero-order valence-electron chi connectivity index (χ0n) is 9.48. The lowest BCUT2D eigenvalue weighted by Crippen LogP contribution is -2.47. The molecule has 1 unspecified atom stereocenters. The fourth-order valence-corrected chi connectivity index (χ4v) is 1.87. The van der Waals surface area contributed by atoms with Crippen LogP contribution in [0.4, 0.5) is 0 Å². The number of carboxylic acids is 1. The van der Waals surface area contributed by atoms with E-state index in [4.69, 9.17) is 10.8 Å². The van der Waals surface area contributed by atoms with E-state index in [0.29, 0.717) is 12.1 Å². The van der Waals surface area contributed by atoms with Crippen molar-refractivity contribution in [2.45, 2.75) is 32.2 Å². The quantitative estimate of drug-likeness (QED) is 0.678. The standard InChI is InChI=1S/C11H18N2O3/c1-8(11(15)16)5-7-13-6-3-2-4-9(13)10(12)14/h5,9H,2-4,6-7H2,1H3,(H2,12,14)(H,15,16). The minimum Gasteiger partial charge on any atom is -0.478 e. The average molecular weight is 226 g/mol. The molecule has 1 heterocycles. The number of carbonyl (C=O) groups excluding carboxylic acids is 1. The SMILES string of the molecule is CC(=CCN1CCCCC1C(N)=O)C(=O)O. The van der Waals surface area contributed by atoms with E-state index < -0.39 is 5.97 Å². The van der Waals surface area contributed by atoms with Crippen molar-refractivity contribution in [1.82, 2.24) is 4.90 Å². The topological polar surface area (TPSA) is 83.6 Å². The number of carbonyl (C=O) groups is 2. The number of aliphatic carboxylic acids is 1. The number of amides is 1. The predicted molar refractivity (Wildman–Crippen MR) is 59.8 cm³/mol. The zero-order valence-corrected chi connectivity index (χ0v) is 9.48. The third-order valence-corrected chi connectivity index (χ3v) is 2.91. The average Bonchev–Trinajstić information content (AvgIpc) is 2.25. The Morgan fingerprint density at radius 3 is 2.75 bits per heavy atom. The van der Waals surface area contributed by atoms with Crippen molar-refractivity contribution >= 4 is 11.9 Å². The smallest absolute Gasteiger partial charge is 0.330 e. The number of nitrogens with zero attached hydrogens (tertiary/aromatic N) is 1. The van der Waals surface area contributed by atoms with Gasteiger partial charge in [0.25, 0.3) is 0 Å². The van der Waals surface area contributed by atoms with E-state index in [1.807, 2.05) is 4.90 Å². The lowest BCUT2D eigenvalue weighted by Gasteiger charge is -2.32. The van der Waals surface area contributed by atoms with Gasteiger partial charge in [0, 0.05) is 12.1 Å². The first-order chi connectivity index (χ1) is 7.52. The van der Waals surface area contributed by atoms with Crippen LogP contribution in [-0.4, -0.2) is 41.0 Å². The summed E-state index contributed by atoms with van der Waals surface area (Å²) in [7, 11) is 0. The summed E-state index contributed by atoms with van der Waals surface area (Å²) in [5.74, 6) is -1.24. The van der Waals surface area contributed by atoms with Gasteiger partial charge in [0.05, 0.1) is 6.04 Å². The van der Waals surface area contributed by atoms with Crippen molar-refractivity contribution in [3.05, 3.63) is 11.6 Å². The Labute approximate surface area is 94.9 Å². The van der Waals surface area contributed by atoms with Crippen LogP contribution in [0.15, 0.2) is 11.6 Å². The van der Waals surface area contributed by atoms with Crippen LogP contribution in [0, 0.1) is 0 Å². The first kappa shape index (κ1) is 12.7. The predicted octanol–water partition coefficient (Wildman–Crippen LogP) is 0.357. The molecule has 0 aromatic heterocycles. The van der Waals surface area contributed by atoms with Gasteiger partial charge in [-0.1, -0.05) is 12.5 Å². The van der Waals surface area contributed by atoms with E-state index >= 15 is 0 Å². The van der Waals surface area contributed by atoms with Crippen LogP contribution in [-0.2, 0) is 9.59 Å². The molecule has 0 aromatic carbocycles. The molecule has 0 aliphatic carbocycles. The number of carboxylic acid groups (broad SMARTS) is 1. The van der Waals surface area contributed by atoms with Crippen LogP contribution >= 0.6 is 0 Å².